The van der Waals surface area contributed by atoms with E-state index in [-0.39, 0.29) is 23.9 Å². The Morgan fingerprint density at radius 3 is 2.54 bits per heavy atom. The first-order chi connectivity index (χ1) is 24.4. The smallest absolute Gasteiger partial charge is 0.410 e. The molecule has 2 aromatic heterocycles. The van der Waals surface area contributed by atoms with Gasteiger partial charge in [-0.3, -0.25) is 19.6 Å². The number of nitrogens with zero attached hydrogens (tertiary/aromatic N) is 6. The lowest BCUT2D eigenvalue weighted by molar-refractivity contribution is -0.140. The Kier molecular flexibility index (Phi) is 10.5. The zero-order valence-electron chi connectivity index (χ0n) is 28.9. The molecule has 10 heteroatoms. The van der Waals surface area contributed by atoms with Crippen LogP contribution < -0.4 is 0 Å². The number of aryl methyl sites for hydroxylation is 4. The van der Waals surface area contributed by atoms with Gasteiger partial charge in [-0.05, 0) is 80.2 Å². The maximum Gasteiger partial charge on any atom is 0.410 e. The van der Waals surface area contributed by atoms with E-state index < -0.39 is 12.1 Å². The summed E-state index contributed by atoms with van der Waals surface area (Å²) in [5, 5.41) is 0. The summed E-state index contributed by atoms with van der Waals surface area (Å²) in [5.41, 5.74) is 5.99. The second-order valence-corrected chi connectivity index (χ2v) is 14.0. The van der Waals surface area contributed by atoms with Gasteiger partial charge < -0.3 is 14.2 Å². The Hall–Kier alpha value is -4.57. The molecule has 4 aromatic rings. The molecule has 3 heterocycles. The van der Waals surface area contributed by atoms with Crippen LogP contribution in [0.15, 0.2) is 79.4 Å². The van der Waals surface area contributed by atoms with Gasteiger partial charge in [0.05, 0.1) is 30.0 Å². The van der Waals surface area contributed by atoms with Crippen molar-refractivity contribution in [2.45, 2.75) is 89.6 Å². The summed E-state index contributed by atoms with van der Waals surface area (Å²) in [7, 11) is 0. The van der Waals surface area contributed by atoms with Crippen molar-refractivity contribution in [1.82, 2.24) is 29.2 Å². The second-order valence-electron chi connectivity index (χ2n) is 14.0. The third-order valence-electron chi connectivity index (χ3n) is 10.5. The van der Waals surface area contributed by atoms with E-state index >= 15 is 0 Å². The molecule has 50 heavy (non-hydrogen) atoms. The van der Waals surface area contributed by atoms with Gasteiger partial charge >= 0.3 is 6.09 Å². The summed E-state index contributed by atoms with van der Waals surface area (Å²) in [5.74, 6) is -0.450. The quantitative estimate of drug-likeness (QED) is 0.201. The van der Waals surface area contributed by atoms with E-state index in [0.29, 0.717) is 39.1 Å². The predicted octanol–water partition coefficient (Wildman–Crippen LogP) is 6.49. The highest BCUT2D eigenvalue weighted by atomic mass is 19.1. The minimum absolute atomic E-state index is 0.102. The number of piperazine rings is 1. The van der Waals surface area contributed by atoms with E-state index in [0.717, 1.165) is 79.6 Å². The van der Waals surface area contributed by atoms with Crippen LogP contribution >= 0.6 is 0 Å². The number of rotatable bonds is 9. The number of hydrogen-bond acceptors (Lipinski definition) is 6. The van der Waals surface area contributed by atoms with Gasteiger partial charge in [0.2, 0.25) is 5.91 Å². The van der Waals surface area contributed by atoms with E-state index in [4.69, 9.17) is 4.74 Å². The molecule has 7 rings (SSSR count). The number of hydrogen-bond donors (Lipinski definition) is 0. The van der Waals surface area contributed by atoms with E-state index in [1.807, 2.05) is 71.4 Å². The van der Waals surface area contributed by atoms with Gasteiger partial charge in [-0.1, -0.05) is 61.0 Å². The van der Waals surface area contributed by atoms with Gasteiger partial charge in [0.15, 0.2) is 0 Å². The predicted molar refractivity (Wildman–Crippen MR) is 189 cm³/mol. The molecule has 0 unspecified atom stereocenters. The highest BCUT2D eigenvalue weighted by molar-refractivity contribution is 5.86. The third-order valence-corrected chi connectivity index (χ3v) is 10.5. The SMILES string of the molecule is Cc1cn(CCCN(Cc2ccccc2)C(=O)[C@H]2CN([C@@H]3c4ccccc4CCc4cc(F)cnc43)CCN2C(=O)OC2CCCCC2)cn1. The molecular formula is C40H47FN6O3. The number of carbonyl (C=O) groups is 2. The Morgan fingerprint density at radius 1 is 0.960 bits per heavy atom. The summed E-state index contributed by atoms with van der Waals surface area (Å²) in [6, 6.07) is 18.9. The van der Waals surface area contributed by atoms with E-state index in [2.05, 4.69) is 27.0 Å². The zero-order chi connectivity index (χ0) is 34.5. The average Bonchev–Trinajstić information content (AvgIpc) is 3.48. The van der Waals surface area contributed by atoms with Crippen molar-refractivity contribution >= 4 is 12.0 Å². The van der Waals surface area contributed by atoms with Crippen LogP contribution in [-0.4, -0.2) is 79.6 Å². The molecule has 0 N–H and O–H groups in total. The minimum Gasteiger partial charge on any atom is -0.446 e. The van der Waals surface area contributed by atoms with Crippen LogP contribution in [0.4, 0.5) is 9.18 Å². The molecule has 1 saturated carbocycles. The van der Waals surface area contributed by atoms with E-state index in [1.54, 1.807) is 11.0 Å². The molecule has 2 amide bonds. The van der Waals surface area contributed by atoms with Gasteiger partial charge in [-0.2, -0.15) is 0 Å². The Balaban J connectivity index is 1.21. The van der Waals surface area contributed by atoms with Crippen LogP contribution in [-0.2, 0) is 35.5 Å². The first-order valence-electron chi connectivity index (χ1n) is 18.2. The highest BCUT2D eigenvalue weighted by Crippen LogP contribution is 2.37. The molecule has 2 aromatic carbocycles. The number of carbonyl (C=O) groups excluding carboxylic acids is 2. The minimum atomic E-state index is -0.765. The van der Waals surface area contributed by atoms with Gasteiger partial charge in [0, 0.05) is 45.5 Å². The number of benzene rings is 2. The lowest BCUT2D eigenvalue weighted by atomic mass is 9.95. The summed E-state index contributed by atoms with van der Waals surface area (Å²) in [6.45, 7) is 4.81. The molecule has 262 valence electrons. The zero-order valence-corrected chi connectivity index (χ0v) is 28.9. The molecule has 0 spiro atoms. The molecule has 1 saturated heterocycles. The van der Waals surface area contributed by atoms with Gasteiger partial charge in [0.25, 0.3) is 0 Å². The molecule has 1 aliphatic heterocycles. The van der Waals surface area contributed by atoms with Crippen molar-refractivity contribution in [2.75, 3.05) is 26.2 Å². The molecular weight excluding hydrogens is 631 g/mol. The Labute approximate surface area is 294 Å². The van der Waals surface area contributed by atoms with Gasteiger partial charge in [0.1, 0.15) is 18.0 Å². The third kappa shape index (κ3) is 7.75. The van der Waals surface area contributed by atoms with Crippen LogP contribution in [0.25, 0.3) is 0 Å². The van der Waals surface area contributed by atoms with Crippen molar-refractivity contribution < 1.29 is 18.7 Å². The number of amides is 2. The van der Waals surface area contributed by atoms with Crippen LogP contribution in [0.2, 0.25) is 0 Å². The number of halogens is 1. The Morgan fingerprint density at radius 2 is 1.74 bits per heavy atom. The van der Waals surface area contributed by atoms with E-state index in [1.165, 1.54) is 11.8 Å². The van der Waals surface area contributed by atoms with Crippen molar-refractivity contribution in [2.24, 2.45) is 0 Å². The van der Waals surface area contributed by atoms with Crippen molar-refractivity contribution in [3.63, 3.8) is 0 Å². The Bertz CT molecular complexity index is 1770. The molecule has 0 radical (unpaired) electrons. The van der Waals surface area contributed by atoms with E-state index in [9.17, 15) is 14.0 Å². The fourth-order valence-corrected chi connectivity index (χ4v) is 7.93. The molecule has 9 nitrogen and oxygen atoms in total. The van der Waals surface area contributed by atoms with Crippen molar-refractivity contribution in [3.05, 3.63) is 119 Å². The summed E-state index contributed by atoms with van der Waals surface area (Å²) in [4.78, 5) is 43.8. The van der Waals surface area contributed by atoms with Crippen LogP contribution in [0.3, 0.4) is 0 Å². The molecule has 2 fully saturated rings. The number of aromatic nitrogens is 3. The lowest BCUT2D eigenvalue weighted by Gasteiger charge is -2.45. The highest BCUT2D eigenvalue weighted by Gasteiger charge is 2.43. The van der Waals surface area contributed by atoms with Crippen LogP contribution in [0.5, 0.6) is 0 Å². The topological polar surface area (TPSA) is 83.8 Å². The fraction of sp³-hybridized carbons (Fsp3) is 0.450. The average molecular weight is 679 g/mol. The first kappa shape index (κ1) is 33.9. The maximum absolute atomic E-state index is 15.0. The fourth-order valence-electron chi connectivity index (χ4n) is 7.93. The second kappa shape index (κ2) is 15.5. The number of pyridine rings is 1. The van der Waals surface area contributed by atoms with Gasteiger partial charge in [-0.25, -0.2) is 14.2 Å². The van der Waals surface area contributed by atoms with Crippen LogP contribution in [0.1, 0.15) is 78.2 Å². The monoisotopic (exact) mass is 678 g/mol. The largest absolute Gasteiger partial charge is 0.446 e. The molecule has 3 aliphatic rings. The summed E-state index contributed by atoms with van der Waals surface area (Å²) in [6.07, 6.45) is 11.8. The standard InChI is InChI=1S/C40H47FN6O3/c1-29-25-44(28-43-29)19-10-20-46(26-30-11-4-2-5-12-30)39(48)36-27-45(21-22-47(36)40(49)50-34-14-6-3-7-15-34)38-35-16-9-8-13-31(35)17-18-32-23-33(41)24-42-37(32)38/h2,4-5,8-9,11-13,16,23-25,28,34,36,38H,3,6-7,10,14-15,17-22,26-27H2,1H3/t36-,38-/m1/s1. The van der Waals surface area contributed by atoms with Crippen molar-refractivity contribution in [1.29, 1.82) is 0 Å². The summed E-state index contributed by atoms with van der Waals surface area (Å²) >= 11 is 0. The van der Waals surface area contributed by atoms with Crippen molar-refractivity contribution in [3.8, 4) is 0 Å². The first-order valence-corrected chi connectivity index (χ1v) is 18.2. The van der Waals surface area contributed by atoms with Crippen LogP contribution in [0, 0.1) is 12.7 Å². The number of ether oxygens (including phenoxy) is 1. The lowest BCUT2D eigenvalue weighted by Crippen LogP contribution is -2.62. The van der Waals surface area contributed by atoms with Gasteiger partial charge in [-0.15, -0.1) is 0 Å². The number of imidazole rings is 1. The normalized spacial score (nSPS) is 19.7. The molecule has 2 atom stereocenters. The maximum atomic E-state index is 15.0. The summed E-state index contributed by atoms with van der Waals surface area (Å²) < 4.78 is 22.7. The number of fused-ring (bicyclic) bond motifs is 2. The molecule has 0 bridgehead atoms. The molecule has 2 aliphatic carbocycles.